The molecule has 1 aliphatic heterocycles. The molecule has 1 atom stereocenters. The first-order valence-corrected chi connectivity index (χ1v) is 11.6. The molecule has 6 nitrogen and oxygen atoms in total. The van der Waals surface area contributed by atoms with Gasteiger partial charge in [-0.15, -0.1) is 0 Å². The maximum absolute atomic E-state index is 13.1. The average molecular weight is 445 g/mol. The van der Waals surface area contributed by atoms with Crippen LogP contribution in [-0.4, -0.2) is 47.0 Å². The van der Waals surface area contributed by atoms with Crippen LogP contribution in [0, 0.1) is 19.3 Å². The first-order valence-electron chi connectivity index (χ1n) is 11.6. The number of aryl methyl sites for hydroxylation is 2. The van der Waals surface area contributed by atoms with Crippen molar-refractivity contribution in [3.05, 3.63) is 77.1 Å². The van der Waals surface area contributed by atoms with Crippen molar-refractivity contribution in [2.24, 2.45) is 5.41 Å². The lowest BCUT2D eigenvalue weighted by molar-refractivity contribution is -0.133. The molecule has 0 bridgehead atoms. The van der Waals surface area contributed by atoms with Crippen molar-refractivity contribution in [1.82, 2.24) is 20.4 Å². The van der Waals surface area contributed by atoms with Crippen LogP contribution in [0.2, 0.25) is 0 Å². The van der Waals surface area contributed by atoms with Gasteiger partial charge >= 0.3 is 0 Å². The minimum atomic E-state index is -0.628. The van der Waals surface area contributed by atoms with Gasteiger partial charge in [-0.2, -0.15) is 5.10 Å². The van der Waals surface area contributed by atoms with E-state index in [9.17, 15) is 9.59 Å². The zero-order valence-corrected chi connectivity index (χ0v) is 19.6. The highest BCUT2D eigenvalue weighted by Crippen LogP contribution is 2.38. The highest BCUT2D eigenvalue weighted by Gasteiger charge is 2.45. The van der Waals surface area contributed by atoms with Crippen molar-refractivity contribution in [2.45, 2.75) is 39.5 Å². The molecule has 0 aliphatic carbocycles. The second-order valence-electron chi connectivity index (χ2n) is 9.04. The summed E-state index contributed by atoms with van der Waals surface area (Å²) in [6.07, 6.45) is 2.34. The Hall–Kier alpha value is -3.41. The standard InChI is InChI=1S/C27H32N4O2/c1-19-23(20(2)30-29-19)13-14-25(32)31-16-15-27(18-31,26(33)28-3)17-22-11-7-8-12-24(22)21-9-5-4-6-10-21/h4-12H,13-18H2,1-3H3,(H,28,33)(H,29,30)/t27-/m0/s1. The van der Waals surface area contributed by atoms with Crippen LogP contribution >= 0.6 is 0 Å². The molecule has 2 amide bonds. The molecular weight excluding hydrogens is 412 g/mol. The van der Waals surface area contributed by atoms with Crippen LogP contribution in [0.25, 0.3) is 11.1 Å². The third kappa shape index (κ3) is 4.70. The van der Waals surface area contributed by atoms with Crippen molar-refractivity contribution in [3.63, 3.8) is 0 Å². The maximum atomic E-state index is 13.1. The summed E-state index contributed by atoms with van der Waals surface area (Å²) in [6, 6.07) is 18.5. The first kappa shape index (κ1) is 22.8. The number of likely N-dealkylation sites (tertiary alicyclic amines) is 1. The monoisotopic (exact) mass is 444 g/mol. The zero-order valence-electron chi connectivity index (χ0n) is 19.6. The van der Waals surface area contributed by atoms with E-state index in [0.29, 0.717) is 38.8 Å². The van der Waals surface area contributed by atoms with Crippen molar-refractivity contribution in [2.75, 3.05) is 20.1 Å². The van der Waals surface area contributed by atoms with Crippen LogP contribution in [-0.2, 0) is 22.4 Å². The summed E-state index contributed by atoms with van der Waals surface area (Å²) in [6.45, 7) is 4.98. The van der Waals surface area contributed by atoms with E-state index in [4.69, 9.17) is 0 Å². The molecule has 172 valence electrons. The van der Waals surface area contributed by atoms with E-state index in [1.807, 2.05) is 49.1 Å². The van der Waals surface area contributed by atoms with E-state index in [2.05, 4.69) is 39.8 Å². The number of carbonyl (C=O) groups is 2. The van der Waals surface area contributed by atoms with Gasteiger partial charge in [0.2, 0.25) is 11.8 Å². The molecule has 0 radical (unpaired) electrons. The molecule has 6 heteroatoms. The smallest absolute Gasteiger partial charge is 0.228 e. The Kier molecular flexibility index (Phi) is 6.63. The fourth-order valence-corrected chi connectivity index (χ4v) is 5.03. The molecule has 1 aliphatic rings. The molecule has 3 aromatic rings. The Balaban J connectivity index is 1.53. The van der Waals surface area contributed by atoms with Gasteiger partial charge in [-0.25, -0.2) is 0 Å². The van der Waals surface area contributed by atoms with Gasteiger partial charge in [-0.3, -0.25) is 14.7 Å². The number of aromatic amines is 1. The fraction of sp³-hybridized carbons (Fsp3) is 0.370. The normalized spacial score (nSPS) is 17.8. The molecule has 0 unspecified atom stereocenters. The number of aromatic nitrogens is 2. The van der Waals surface area contributed by atoms with Crippen molar-refractivity contribution < 1.29 is 9.59 Å². The van der Waals surface area contributed by atoms with Crippen LogP contribution in [0.5, 0.6) is 0 Å². The molecule has 1 saturated heterocycles. The number of amides is 2. The molecule has 2 N–H and O–H groups in total. The fourth-order valence-electron chi connectivity index (χ4n) is 5.03. The molecule has 4 rings (SSSR count). The van der Waals surface area contributed by atoms with Crippen LogP contribution < -0.4 is 5.32 Å². The molecule has 0 saturated carbocycles. The summed E-state index contributed by atoms with van der Waals surface area (Å²) in [5.74, 6) is 0.0966. The summed E-state index contributed by atoms with van der Waals surface area (Å²) >= 11 is 0. The van der Waals surface area contributed by atoms with Gasteiger partial charge in [0.1, 0.15) is 0 Å². The molecule has 33 heavy (non-hydrogen) atoms. The third-order valence-electron chi connectivity index (χ3n) is 6.92. The number of H-pyrrole nitrogens is 1. The summed E-state index contributed by atoms with van der Waals surface area (Å²) in [5, 5.41) is 10.1. The van der Waals surface area contributed by atoms with E-state index < -0.39 is 5.41 Å². The summed E-state index contributed by atoms with van der Waals surface area (Å²) in [5.41, 5.74) is 5.84. The number of hydrogen-bond acceptors (Lipinski definition) is 3. The van der Waals surface area contributed by atoms with Gasteiger partial charge in [-0.05, 0) is 55.4 Å². The lowest BCUT2D eigenvalue weighted by Crippen LogP contribution is -2.44. The van der Waals surface area contributed by atoms with Crippen LogP contribution in [0.1, 0.15) is 35.4 Å². The van der Waals surface area contributed by atoms with Crippen molar-refractivity contribution >= 4 is 11.8 Å². The van der Waals surface area contributed by atoms with E-state index >= 15 is 0 Å². The minimum absolute atomic E-state index is 0.00203. The van der Waals surface area contributed by atoms with E-state index in [1.165, 1.54) is 0 Å². The summed E-state index contributed by atoms with van der Waals surface area (Å²) in [7, 11) is 1.68. The second kappa shape index (κ2) is 9.61. The van der Waals surface area contributed by atoms with Gasteiger partial charge in [0.15, 0.2) is 0 Å². The molecule has 2 aromatic carbocycles. The summed E-state index contributed by atoms with van der Waals surface area (Å²) in [4.78, 5) is 28.1. The zero-order chi connectivity index (χ0) is 23.4. The van der Waals surface area contributed by atoms with E-state index in [1.54, 1.807) is 7.05 Å². The van der Waals surface area contributed by atoms with E-state index in [0.717, 1.165) is 33.6 Å². The Morgan fingerprint density at radius 2 is 1.82 bits per heavy atom. The average Bonchev–Trinajstić information content (AvgIpc) is 3.42. The third-order valence-corrected chi connectivity index (χ3v) is 6.92. The molecule has 1 aromatic heterocycles. The predicted molar refractivity (Wildman–Crippen MR) is 130 cm³/mol. The molecule has 2 heterocycles. The maximum Gasteiger partial charge on any atom is 0.228 e. The van der Waals surface area contributed by atoms with E-state index in [-0.39, 0.29) is 11.8 Å². The van der Waals surface area contributed by atoms with Gasteiger partial charge in [0.05, 0.1) is 11.1 Å². The van der Waals surface area contributed by atoms with Crippen LogP contribution in [0.3, 0.4) is 0 Å². The number of nitrogens with zero attached hydrogens (tertiary/aromatic N) is 2. The minimum Gasteiger partial charge on any atom is -0.359 e. The first-order chi connectivity index (χ1) is 15.9. The Labute approximate surface area is 195 Å². The Morgan fingerprint density at radius 3 is 2.52 bits per heavy atom. The quantitative estimate of drug-likeness (QED) is 0.581. The Morgan fingerprint density at radius 1 is 1.09 bits per heavy atom. The van der Waals surface area contributed by atoms with Gasteiger partial charge < -0.3 is 10.2 Å². The highest BCUT2D eigenvalue weighted by atomic mass is 16.2. The lowest BCUT2D eigenvalue weighted by Gasteiger charge is -2.28. The number of rotatable bonds is 7. The van der Waals surface area contributed by atoms with Gasteiger partial charge in [-0.1, -0.05) is 54.6 Å². The summed E-state index contributed by atoms with van der Waals surface area (Å²) < 4.78 is 0. The number of hydrogen-bond donors (Lipinski definition) is 2. The Bertz CT molecular complexity index is 1120. The van der Waals surface area contributed by atoms with Gasteiger partial charge in [0.25, 0.3) is 0 Å². The second-order valence-corrected chi connectivity index (χ2v) is 9.04. The lowest BCUT2D eigenvalue weighted by atomic mass is 9.78. The van der Waals surface area contributed by atoms with Crippen LogP contribution in [0.4, 0.5) is 0 Å². The SMILES string of the molecule is CNC(=O)[C@]1(Cc2ccccc2-c2ccccc2)CCN(C(=O)CCc2c(C)n[nH]c2C)C1. The largest absolute Gasteiger partial charge is 0.359 e. The highest BCUT2D eigenvalue weighted by molar-refractivity contribution is 5.86. The number of carbonyl (C=O) groups excluding carboxylic acids is 2. The molecule has 1 fully saturated rings. The molecule has 0 spiro atoms. The number of benzene rings is 2. The van der Waals surface area contributed by atoms with Gasteiger partial charge in [0, 0.05) is 32.3 Å². The van der Waals surface area contributed by atoms with Crippen molar-refractivity contribution in [3.8, 4) is 11.1 Å². The number of nitrogens with one attached hydrogen (secondary N) is 2. The van der Waals surface area contributed by atoms with Crippen LogP contribution in [0.15, 0.2) is 54.6 Å². The topological polar surface area (TPSA) is 78.1 Å². The molecular formula is C27H32N4O2. The van der Waals surface area contributed by atoms with Crippen molar-refractivity contribution in [1.29, 1.82) is 0 Å². The predicted octanol–water partition coefficient (Wildman–Crippen LogP) is 3.83.